The third-order valence-corrected chi connectivity index (χ3v) is 4.11. The Labute approximate surface area is 128 Å². The molecule has 2 atom stereocenters. The standard InChI is InChI=1S/C17H29NO3/c1-5-7-9-11-14-15(21-4)12-16(19)18(14)17(20)13(3)10-8-6-2/h12-14H,5-11H2,1-4H3/t13?,14-/m0/s1. The molecule has 0 fully saturated rings. The Morgan fingerprint density at radius 2 is 1.95 bits per heavy atom. The lowest BCUT2D eigenvalue weighted by Crippen LogP contribution is -2.43. The second-order valence-electron chi connectivity index (χ2n) is 5.85. The summed E-state index contributed by atoms with van der Waals surface area (Å²) in [4.78, 5) is 26.2. The maximum atomic E-state index is 12.6. The molecule has 1 aliphatic rings. The van der Waals surface area contributed by atoms with Crippen LogP contribution in [0.1, 0.15) is 65.7 Å². The van der Waals surface area contributed by atoms with Crippen molar-refractivity contribution >= 4 is 11.8 Å². The normalized spacial score (nSPS) is 19.6. The number of nitrogens with zero attached hydrogens (tertiary/aromatic N) is 1. The fourth-order valence-corrected chi connectivity index (χ4v) is 2.76. The molecular formula is C17H29NO3. The summed E-state index contributed by atoms with van der Waals surface area (Å²) in [6, 6.07) is -0.203. The van der Waals surface area contributed by atoms with Crippen molar-refractivity contribution in [2.24, 2.45) is 5.92 Å². The van der Waals surface area contributed by atoms with Crippen molar-refractivity contribution in [1.82, 2.24) is 4.90 Å². The molecule has 120 valence electrons. The third-order valence-electron chi connectivity index (χ3n) is 4.11. The van der Waals surface area contributed by atoms with Crippen molar-refractivity contribution in [3.05, 3.63) is 11.8 Å². The first-order chi connectivity index (χ1) is 10.1. The molecule has 0 aromatic rings. The van der Waals surface area contributed by atoms with Gasteiger partial charge in [0.05, 0.1) is 13.2 Å². The van der Waals surface area contributed by atoms with Gasteiger partial charge in [-0.05, 0) is 12.8 Å². The van der Waals surface area contributed by atoms with Crippen molar-refractivity contribution in [3.8, 4) is 0 Å². The Bertz CT molecular complexity index is 389. The number of carbonyl (C=O) groups excluding carboxylic acids is 2. The Morgan fingerprint density at radius 1 is 1.29 bits per heavy atom. The summed E-state index contributed by atoms with van der Waals surface area (Å²) in [6.45, 7) is 6.16. The number of ether oxygens (including phenoxy) is 1. The number of imide groups is 1. The number of carbonyl (C=O) groups is 2. The summed E-state index contributed by atoms with van der Waals surface area (Å²) in [5.41, 5.74) is 0. The zero-order valence-corrected chi connectivity index (χ0v) is 13.9. The Morgan fingerprint density at radius 3 is 2.52 bits per heavy atom. The molecule has 0 aromatic carbocycles. The van der Waals surface area contributed by atoms with Crippen molar-refractivity contribution in [3.63, 3.8) is 0 Å². The van der Waals surface area contributed by atoms with E-state index in [1.807, 2.05) is 6.92 Å². The molecule has 1 heterocycles. The highest BCUT2D eigenvalue weighted by molar-refractivity contribution is 6.04. The van der Waals surface area contributed by atoms with Gasteiger partial charge in [-0.1, -0.05) is 52.9 Å². The van der Waals surface area contributed by atoms with Gasteiger partial charge in [-0.15, -0.1) is 0 Å². The van der Waals surface area contributed by atoms with Crippen LogP contribution in [0.15, 0.2) is 11.8 Å². The van der Waals surface area contributed by atoms with Crippen LogP contribution >= 0.6 is 0 Å². The second kappa shape index (κ2) is 8.85. The predicted octanol–water partition coefficient (Wildman–Crippen LogP) is 3.66. The van der Waals surface area contributed by atoms with E-state index in [1.165, 1.54) is 11.0 Å². The molecule has 0 saturated heterocycles. The van der Waals surface area contributed by atoms with Gasteiger partial charge in [0.1, 0.15) is 5.76 Å². The summed E-state index contributed by atoms with van der Waals surface area (Å²) >= 11 is 0. The van der Waals surface area contributed by atoms with Gasteiger partial charge < -0.3 is 4.74 Å². The maximum absolute atomic E-state index is 12.6. The number of hydrogen-bond donors (Lipinski definition) is 0. The highest BCUT2D eigenvalue weighted by atomic mass is 16.5. The molecule has 1 rings (SSSR count). The minimum Gasteiger partial charge on any atom is -0.499 e. The fraction of sp³-hybridized carbons (Fsp3) is 0.765. The summed E-state index contributed by atoms with van der Waals surface area (Å²) in [5, 5.41) is 0. The van der Waals surface area contributed by atoms with Crippen LogP contribution in [0.3, 0.4) is 0 Å². The van der Waals surface area contributed by atoms with Gasteiger partial charge >= 0.3 is 0 Å². The van der Waals surface area contributed by atoms with Crippen molar-refractivity contribution in [2.75, 3.05) is 7.11 Å². The Kier molecular flexibility index (Phi) is 7.48. The monoisotopic (exact) mass is 295 g/mol. The average Bonchev–Trinajstić information content (AvgIpc) is 2.80. The van der Waals surface area contributed by atoms with E-state index in [9.17, 15) is 9.59 Å². The van der Waals surface area contributed by atoms with Gasteiger partial charge in [-0.3, -0.25) is 14.5 Å². The van der Waals surface area contributed by atoms with Crippen molar-refractivity contribution in [2.45, 2.75) is 71.8 Å². The zero-order chi connectivity index (χ0) is 15.8. The molecule has 2 amide bonds. The number of hydrogen-bond acceptors (Lipinski definition) is 3. The van der Waals surface area contributed by atoms with E-state index in [4.69, 9.17) is 4.74 Å². The van der Waals surface area contributed by atoms with Gasteiger partial charge in [-0.25, -0.2) is 0 Å². The first kappa shape index (κ1) is 17.7. The van der Waals surface area contributed by atoms with E-state index >= 15 is 0 Å². The first-order valence-corrected chi connectivity index (χ1v) is 8.19. The molecule has 4 heteroatoms. The quantitative estimate of drug-likeness (QED) is 0.610. The van der Waals surface area contributed by atoms with Gasteiger partial charge in [0.2, 0.25) is 5.91 Å². The highest BCUT2D eigenvalue weighted by Crippen LogP contribution is 2.27. The zero-order valence-electron chi connectivity index (χ0n) is 13.9. The molecule has 1 unspecified atom stereocenters. The van der Waals surface area contributed by atoms with E-state index in [-0.39, 0.29) is 23.8 Å². The van der Waals surface area contributed by atoms with Crippen LogP contribution in [0.4, 0.5) is 0 Å². The van der Waals surface area contributed by atoms with Crippen LogP contribution in [0, 0.1) is 5.92 Å². The van der Waals surface area contributed by atoms with Crippen molar-refractivity contribution in [1.29, 1.82) is 0 Å². The lowest BCUT2D eigenvalue weighted by Gasteiger charge is -2.27. The lowest BCUT2D eigenvalue weighted by atomic mass is 10.0. The maximum Gasteiger partial charge on any atom is 0.257 e. The summed E-state index contributed by atoms with van der Waals surface area (Å²) in [6.07, 6.45) is 8.41. The SMILES string of the molecule is CCCCC[C@H]1C(OC)=CC(=O)N1C(=O)C(C)CCCC. The average molecular weight is 295 g/mol. The van der Waals surface area contributed by atoms with Gasteiger partial charge in [0.25, 0.3) is 5.91 Å². The lowest BCUT2D eigenvalue weighted by molar-refractivity contribution is -0.146. The van der Waals surface area contributed by atoms with Gasteiger partial charge in [0.15, 0.2) is 0 Å². The molecule has 0 aliphatic carbocycles. The minimum atomic E-state index is -0.221. The van der Waals surface area contributed by atoms with Gasteiger partial charge in [0, 0.05) is 12.0 Å². The molecule has 0 radical (unpaired) electrons. The Balaban J connectivity index is 2.76. The summed E-state index contributed by atoms with van der Waals surface area (Å²) in [7, 11) is 1.57. The van der Waals surface area contributed by atoms with E-state index in [1.54, 1.807) is 7.11 Å². The Hall–Kier alpha value is -1.32. The molecule has 0 saturated carbocycles. The topological polar surface area (TPSA) is 46.6 Å². The molecule has 0 spiro atoms. The number of rotatable bonds is 9. The molecular weight excluding hydrogens is 266 g/mol. The number of unbranched alkanes of at least 4 members (excludes halogenated alkanes) is 3. The van der Waals surface area contributed by atoms with E-state index in [2.05, 4.69) is 13.8 Å². The van der Waals surface area contributed by atoms with E-state index < -0.39 is 0 Å². The fourth-order valence-electron chi connectivity index (χ4n) is 2.76. The largest absolute Gasteiger partial charge is 0.499 e. The second-order valence-corrected chi connectivity index (χ2v) is 5.85. The minimum absolute atomic E-state index is 0.0572. The smallest absolute Gasteiger partial charge is 0.257 e. The molecule has 4 nitrogen and oxygen atoms in total. The molecule has 1 aliphatic heterocycles. The number of methoxy groups -OCH3 is 1. The summed E-state index contributed by atoms with van der Waals surface area (Å²) in [5.74, 6) is 0.249. The molecule has 0 aromatic heterocycles. The molecule has 0 N–H and O–H groups in total. The number of amides is 2. The molecule has 21 heavy (non-hydrogen) atoms. The van der Waals surface area contributed by atoms with E-state index in [0.29, 0.717) is 5.76 Å². The van der Waals surface area contributed by atoms with Crippen LogP contribution in [0.25, 0.3) is 0 Å². The van der Waals surface area contributed by atoms with Crippen LogP contribution in [-0.4, -0.2) is 29.9 Å². The van der Waals surface area contributed by atoms with Crippen molar-refractivity contribution < 1.29 is 14.3 Å². The highest BCUT2D eigenvalue weighted by Gasteiger charge is 2.39. The first-order valence-electron chi connectivity index (χ1n) is 8.19. The van der Waals surface area contributed by atoms with Crippen LogP contribution < -0.4 is 0 Å². The van der Waals surface area contributed by atoms with Crippen LogP contribution in [0.5, 0.6) is 0 Å². The van der Waals surface area contributed by atoms with Crippen LogP contribution in [-0.2, 0) is 14.3 Å². The molecule has 0 bridgehead atoms. The van der Waals surface area contributed by atoms with Gasteiger partial charge in [-0.2, -0.15) is 0 Å². The predicted molar refractivity (Wildman–Crippen MR) is 83.6 cm³/mol. The third kappa shape index (κ3) is 4.58. The summed E-state index contributed by atoms with van der Waals surface area (Å²) < 4.78 is 5.31. The van der Waals surface area contributed by atoms with E-state index in [0.717, 1.165) is 44.9 Å². The van der Waals surface area contributed by atoms with Crippen LogP contribution in [0.2, 0.25) is 0 Å².